The van der Waals surface area contributed by atoms with Gasteiger partial charge in [0.2, 0.25) is 6.17 Å². The topological polar surface area (TPSA) is 56.7 Å². The third-order valence-corrected chi connectivity index (χ3v) is 5.92. The maximum absolute atomic E-state index is 13.3. The highest BCUT2D eigenvalue weighted by Gasteiger charge is 2.31. The van der Waals surface area contributed by atoms with Gasteiger partial charge in [-0.05, 0) is 42.0 Å². The number of hydrogen-bond acceptors (Lipinski definition) is 3. The number of hydrogen-bond donors (Lipinski definition) is 2. The van der Waals surface area contributed by atoms with Crippen LogP contribution in [-0.4, -0.2) is 29.9 Å². The number of likely N-dealkylation sites (N-methyl/N-ethyl adjacent to an activating group) is 1. The summed E-state index contributed by atoms with van der Waals surface area (Å²) in [5.74, 6) is -0.250. The predicted molar refractivity (Wildman–Crippen MR) is 135 cm³/mol. The first-order chi connectivity index (χ1) is 15.4. The van der Waals surface area contributed by atoms with Crippen molar-refractivity contribution in [3.63, 3.8) is 0 Å². The Morgan fingerprint density at radius 2 is 1.75 bits per heavy atom. The molecule has 1 atom stereocenters. The normalized spacial score (nSPS) is 15.5. The fourth-order valence-corrected chi connectivity index (χ4v) is 4.04. The summed E-state index contributed by atoms with van der Waals surface area (Å²) >= 11 is 18.2. The molecule has 0 saturated carbocycles. The van der Waals surface area contributed by atoms with E-state index in [9.17, 15) is 4.79 Å². The van der Waals surface area contributed by atoms with Gasteiger partial charge in [-0.1, -0.05) is 71.7 Å². The van der Waals surface area contributed by atoms with Gasteiger partial charge in [0.05, 0.1) is 11.4 Å². The number of anilines is 1. The fraction of sp³-hybridized carbons (Fsp3) is 0.125. The van der Waals surface area contributed by atoms with E-state index < -0.39 is 6.17 Å². The molecular formula is C24H20Cl2N4OS. The van der Waals surface area contributed by atoms with Crippen LogP contribution in [0.4, 0.5) is 5.69 Å². The van der Waals surface area contributed by atoms with Crippen molar-refractivity contribution in [2.24, 2.45) is 4.99 Å². The van der Waals surface area contributed by atoms with Crippen molar-refractivity contribution in [3.8, 4) is 0 Å². The number of nitrogens with one attached hydrogen (secondary N) is 2. The number of halogens is 2. The van der Waals surface area contributed by atoms with Gasteiger partial charge >= 0.3 is 0 Å². The number of amides is 1. The minimum atomic E-state index is -0.937. The van der Waals surface area contributed by atoms with Crippen molar-refractivity contribution in [2.45, 2.75) is 12.7 Å². The summed E-state index contributed by atoms with van der Waals surface area (Å²) in [6.07, 6.45) is -0.937. The predicted octanol–water partition coefficient (Wildman–Crippen LogP) is 4.80. The molecule has 162 valence electrons. The van der Waals surface area contributed by atoms with E-state index in [1.807, 2.05) is 48.5 Å². The Morgan fingerprint density at radius 3 is 2.50 bits per heavy atom. The molecule has 4 rings (SSSR count). The molecule has 1 aliphatic heterocycles. The molecule has 0 fully saturated rings. The average molecular weight is 483 g/mol. The van der Waals surface area contributed by atoms with E-state index in [0.717, 1.165) is 5.56 Å². The van der Waals surface area contributed by atoms with Crippen LogP contribution < -0.4 is 15.5 Å². The molecule has 1 unspecified atom stereocenters. The van der Waals surface area contributed by atoms with E-state index in [4.69, 9.17) is 40.4 Å². The van der Waals surface area contributed by atoms with Gasteiger partial charge in [0.25, 0.3) is 5.91 Å². The Bertz CT molecular complexity index is 1200. The van der Waals surface area contributed by atoms with Gasteiger partial charge in [0, 0.05) is 34.8 Å². The summed E-state index contributed by atoms with van der Waals surface area (Å²) in [6, 6.07) is 22.6. The molecule has 32 heavy (non-hydrogen) atoms. The lowest BCUT2D eigenvalue weighted by atomic mass is 10.00. The number of rotatable bonds is 4. The number of aliphatic imine (C=N–C) groups is 1. The zero-order chi connectivity index (χ0) is 22.7. The van der Waals surface area contributed by atoms with Gasteiger partial charge in [0.1, 0.15) is 0 Å². The lowest BCUT2D eigenvalue weighted by Gasteiger charge is -2.22. The SMILES string of the molecule is CN1C(=O)C(NC(=S)NCc2ccccc2)N=C(c2ccccc2Cl)c2cc(Cl)ccc21. The quantitative estimate of drug-likeness (QED) is 0.524. The molecule has 0 radical (unpaired) electrons. The summed E-state index contributed by atoms with van der Waals surface area (Å²) in [4.78, 5) is 19.6. The van der Waals surface area contributed by atoms with Gasteiger partial charge < -0.3 is 15.5 Å². The monoisotopic (exact) mass is 482 g/mol. The van der Waals surface area contributed by atoms with E-state index >= 15 is 0 Å². The second-order valence-electron chi connectivity index (χ2n) is 7.23. The first-order valence-electron chi connectivity index (χ1n) is 9.92. The highest BCUT2D eigenvalue weighted by atomic mass is 35.5. The van der Waals surface area contributed by atoms with E-state index in [0.29, 0.717) is 44.2 Å². The van der Waals surface area contributed by atoms with Crippen LogP contribution in [0.3, 0.4) is 0 Å². The molecule has 3 aromatic carbocycles. The molecule has 3 aromatic rings. The van der Waals surface area contributed by atoms with Gasteiger partial charge in [-0.15, -0.1) is 0 Å². The Balaban J connectivity index is 1.69. The van der Waals surface area contributed by atoms with Crippen LogP contribution in [-0.2, 0) is 11.3 Å². The van der Waals surface area contributed by atoms with Crippen molar-refractivity contribution in [3.05, 3.63) is 99.5 Å². The maximum atomic E-state index is 13.3. The van der Waals surface area contributed by atoms with Crippen LogP contribution in [0.2, 0.25) is 10.0 Å². The number of benzodiazepines with no additional fused rings is 1. The maximum Gasteiger partial charge on any atom is 0.272 e. The van der Waals surface area contributed by atoms with Gasteiger partial charge in [0.15, 0.2) is 5.11 Å². The first kappa shape index (κ1) is 22.3. The van der Waals surface area contributed by atoms with Crippen molar-refractivity contribution >= 4 is 57.8 Å². The highest BCUT2D eigenvalue weighted by Crippen LogP contribution is 2.31. The minimum Gasteiger partial charge on any atom is -0.359 e. The molecule has 2 N–H and O–H groups in total. The van der Waals surface area contributed by atoms with Crippen molar-refractivity contribution in [1.29, 1.82) is 0 Å². The Labute approximate surface area is 202 Å². The highest BCUT2D eigenvalue weighted by molar-refractivity contribution is 7.80. The van der Waals surface area contributed by atoms with Crippen LogP contribution in [0.5, 0.6) is 0 Å². The van der Waals surface area contributed by atoms with Crippen LogP contribution in [0.15, 0.2) is 77.8 Å². The van der Waals surface area contributed by atoms with Gasteiger partial charge in [-0.2, -0.15) is 0 Å². The Morgan fingerprint density at radius 1 is 1.03 bits per heavy atom. The number of benzene rings is 3. The number of nitrogens with zero attached hydrogens (tertiary/aromatic N) is 2. The lowest BCUT2D eigenvalue weighted by molar-refractivity contribution is -0.119. The summed E-state index contributed by atoms with van der Waals surface area (Å²) in [5.41, 5.74) is 3.74. The van der Waals surface area contributed by atoms with Gasteiger partial charge in [-0.3, -0.25) is 4.79 Å². The molecule has 1 aliphatic rings. The molecular weight excluding hydrogens is 463 g/mol. The third kappa shape index (κ3) is 4.78. The first-order valence-corrected chi connectivity index (χ1v) is 11.1. The van der Waals surface area contributed by atoms with Crippen LogP contribution in [0.1, 0.15) is 16.7 Å². The van der Waals surface area contributed by atoms with Crippen LogP contribution in [0.25, 0.3) is 0 Å². The zero-order valence-electron chi connectivity index (χ0n) is 17.2. The minimum absolute atomic E-state index is 0.250. The lowest BCUT2D eigenvalue weighted by Crippen LogP contribution is -2.49. The Hall–Kier alpha value is -2.93. The standard InChI is InChI=1S/C24H20Cl2N4OS/c1-30-20-12-11-16(25)13-18(20)21(17-9-5-6-10-19(17)26)28-22(23(30)31)29-24(32)27-14-15-7-3-2-4-8-15/h2-13,22H,14H2,1H3,(H2,27,29,32). The molecule has 5 nitrogen and oxygen atoms in total. The molecule has 8 heteroatoms. The van der Waals surface area contributed by atoms with Crippen LogP contribution >= 0.6 is 35.4 Å². The van der Waals surface area contributed by atoms with E-state index in [2.05, 4.69) is 10.6 Å². The number of carbonyl (C=O) groups excluding carboxylic acids is 1. The molecule has 1 heterocycles. The summed E-state index contributed by atoms with van der Waals surface area (Å²) in [5, 5.41) is 7.56. The molecule has 0 aromatic heterocycles. The fourth-order valence-electron chi connectivity index (χ4n) is 3.46. The summed E-state index contributed by atoms with van der Waals surface area (Å²) < 4.78 is 0. The largest absolute Gasteiger partial charge is 0.359 e. The van der Waals surface area contributed by atoms with Crippen molar-refractivity contribution < 1.29 is 4.79 Å². The third-order valence-electron chi connectivity index (χ3n) is 5.09. The number of fused-ring (bicyclic) bond motifs is 1. The summed E-state index contributed by atoms with van der Waals surface area (Å²) in [6.45, 7) is 0.528. The van der Waals surface area contributed by atoms with Gasteiger partial charge in [-0.25, -0.2) is 4.99 Å². The smallest absolute Gasteiger partial charge is 0.272 e. The zero-order valence-corrected chi connectivity index (χ0v) is 19.5. The molecule has 0 spiro atoms. The molecule has 0 aliphatic carbocycles. The van der Waals surface area contributed by atoms with Crippen molar-refractivity contribution in [2.75, 3.05) is 11.9 Å². The van der Waals surface area contributed by atoms with E-state index in [1.54, 1.807) is 36.2 Å². The second-order valence-corrected chi connectivity index (χ2v) is 8.48. The second kappa shape index (κ2) is 9.69. The molecule has 1 amide bonds. The molecule has 0 saturated heterocycles. The number of thiocarbonyl (C=S) groups is 1. The average Bonchev–Trinajstić information content (AvgIpc) is 2.89. The van der Waals surface area contributed by atoms with E-state index in [1.165, 1.54) is 0 Å². The van der Waals surface area contributed by atoms with Crippen molar-refractivity contribution in [1.82, 2.24) is 10.6 Å². The van der Waals surface area contributed by atoms with E-state index in [-0.39, 0.29) is 5.91 Å². The Kier molecular flexibility index (Phi) is 6.74. The summed E-state index contributed by atoms with van der Waals surface area (Å²) in [7, 11) is 1.70. The molecule has 0 bridgehead atoms. The number of carbonyl (C=O) groups is 1. The van der Waals surface area contributed by atoms with Crippen LogP contribution in [0, 0.1) is 0 Å².